The molecule has 2 nitrogen and oxygen atoms in total. The van der Waals surface area contributed by atoms with Gasteiger partial charge in [-0.15, -0.1) is 0 Å². The van der Waals surface area contributed by atoms with Crippen molar-refractivity contribution in [2.75, 3.05) is 19.6 Å². The van der Waals surface area contributed by atoms with Gasteiger partial charge in [-0.2, -0.15) is 0 Å². The first-order valence-electron chi connectivity index (χ1n) is 8.76. The van der Waals surface area contributed by atoms with E-state index in [2.05, 4.69) is 42.2 Å². The molecule has 2 fully saturated rings. The van der Waals surface area contributed by atoms with Crippen molar-refractivity contribution in [3.8, 4) is 0 Å². The number of aryl methyl sites for hydroxylation is 1. The summed E-state index contributed by atoms with van der Waals surface area (Å²) < 4.78 is 0. The van der Waals surface area contributed by atoms with Crippen molar-refractivity contribution >= 4 is 11.9 Å². The Kier molecular flexibility index (Phi) is 5.09. The van der Waals surface area contributed by atoms with Gasteiger partial charge in [0.15, 0.2) is 5.78 Å². The molecule has 118 valence electrons. The van der Waals surface area contributed by atoms with E-state index in [9.17, 15) is 4.79 Å². The molecule has 0 amide bonds. The Hall–Kier alpha value is -1.41. The van der Waals surface area contributed by atoms with Crippen molar-refractivity contribution < 1.29 is 4.79 Å². The van der Waals surface area contributed by atoms with E-state index in [1.165, 1.54) is 37.9 Å². The maximum Gasteiger partial charge on any atom is 0.163 e. The number of piperidine rings is 1. The molecule has 1 saturated carbocycles. The number of allylic oxidation sites excluding steroid dienone is 1. The molecule has 2 aliphatic rings. The highest BCUT2D eigenvalue weighted by molar-refractivity contribution is 6.01. The topological polar surface area (TPSA) is 20.3 Å². The van der Waals surface area contributed by atoms with Crippen molar-refractivity contribution in [3.63, 3.8) is 0 Å². The van der Waals surface area contributed by atoms with Gasteiger partial charge in [0.25, 0.3) is 0 Å². The third-order valence-electron chi connectivity index (χ3n) is 5.03. The van der Waals surface area contributed by atoms with Crippen LogP contribution in [0.15, 0.2) is 29.8 Å². The highest BCUT2D eigenvalue weighted by Gasteiger charge is 2.28. The number of nitrogens with zero attached hydrogens (tertiary/aromatic N) is 1. The van der Waals surface area contributed by atoms with Crippen molar-refractivity contribution in [3.05, 3.63) is 41.0 Å². The van der Waals surface area contributed by atoms with E-state index < -0.39 is 0 Å². The first-order valence-corrected chi connectivity index (χ1v) is 8.76. The van der Waals surface area contributed by atoms with Crippen LogP contribution >= 0.6 is 0 Å². The number of carbonyl (C=O) groups excluding carboxylic acids is 1. The predicted molar refractivity (Wildman–Crippen MR) is 91.8 cm³/mol. The first-order chi connectivity index (χ1) is 10.7. The second-order valence-electron chi connectivity index (χ2n) is 6.89. The van der Waals surface area contributed by atoms with Crippen LogP contribution in [0.3, 0.4) is 0 Å². The number of ketones is 1. The molecule has 0 N–H and O–H groups in total. The summed E-state index contributed by atoms with van der Waals surface area (Å²) in [4.78, 5) is 15.3. The molecule has 0 aromatic heterocycles. The zero-order valence-electron chi connectivity index (χ0n) is 13.7. The monoisotopic (exact) mass is 297 g/mol. The van der Waals surface area contributed by atoms with E-state index >= 15 is 0 Å². The van der Waals surface area contributed by atoms with Gasteiger partial charge >= 0.3 is 0 Å². The number of benzene rings is 1. The van der Waals surface area contributed by atoms with E-state index in [-0.39, 0.29) is 5.92 Å². The molecule has 1 aromatic carbocycles. The first kappa shape index (κ1) is 15.5. The smallest absolute Gasteiger partial charge is 0.163 e. The zero-order chi connectivity index (χ0) is 15.4. The lowest BCUT2D eigenvalue weighted by atomic mass is 9.83. The summed E-state index contributed by atoms with van der Waals surface area (Å²) in [5, 5.41) is 0. The van der Waals surface area contributed by atoms with E-state index in [1.54, 1.807) is 0 Å². The second-order valence-corrected chi connectivity index (χ2v) is 6.89. The van der Waals surface area contributed by atoms with Gasteiger partial charge in [0, 0.05) is 12.5 Å². The zero-order valence-corrected chi connectivity index (χ0v) is 13.7. The Morgan fingerprint density at radius 2 is 1.82 bits per heavy atom. The molecule has 1 aliphatic heterocycles. The Morgan fingerprint density at radius 3 is 2.55 bits per heavy atom. The van der Waals surface area contributed by atoms with Gasteiger partial charge in [0.05, 0.1) is 0 Å². The normalized spacial score (nSPS) is 25.6. The molecule has 1 aromatic rings. The van der Waals surface area contributed by atoms with Crippen molar-refractivity contribution in [2.24, 2.45) is 5.92 Å². The van der Waals surface area contributed by atoms with Crippen LogP contribution in [-0.2, 0) is 4.79 Å². The minimum atomic E-state index is 0.226. The molecule has 1 heterocycles. The molecule has 0 radical (unpaired) electrons. The van der Waals surface area contributed by atoms with Crippen LogP contribution in [-0.4, -0.2) is 30.3 Å². The minimum Gasteiger partial charge on any atom is -0.303 e. The van der Waals surface area contributed by atoms with Crippen LogP contribution in [0.4, 0.5) is 0 Å². The van der Waals surface area contributed by atoms with Crippen LogP contribution < -0.4 is 0 Å². The molecule has 2 heteroatoms. The lowest BCUT2D eigenvalue weighted by molar-refractivity contribution is -0.121. The number of carbonyl (C=O) groups is 1. The fourth-order valence-electron chi connectivity index (χ4n) is 3.69. The van der Waals surface area contributed by atoms with Crippen molar-refractivity contribution in [1.29, 1.82) is 0 Å². The van der Waals surface area contributed by atoms with Gasteiger partial charge in [0.2, 0.25) is 0 Å². The molecule has 0 spiro atoms. The minimum absolute atomic E-state index is 0.226. The van der Waals surface area contributed by atoms with E-state index in [0.717, 1.165) is 36.9 Å². The van der Waals surface area contributed by atoms with E-state index in [1.807, 2.05) is 0 Å². The quantitative estimate of drug-likeness (QED) is 0.778. The standard InChI is InChI=1S/C20H27NO/c1-16-8-10-17(11-9-16)14-18-6-5-7-19(20(18)22)15-21-12-3-2-4-13-21/h8-11,14,19H,2-7,12-13,15H2,1H3. The van der Waals surface area contributed by atoms with Crippen LogP contribution in [0.2, 0.25) is 0 Å². The van der Waals surface area contributed by atoms with E-state index in [0.29, 0.717) is 5.78 Å². The number of Topliss-reactive ketones (excluding diaryl/α,β-unsaturated/α-hetero) is 1. The maximum atomic E-state index is 12.8. The Balaban J connectivity index is 1.67. The number of rotatable bonds is 3. The highest BCUT2D eigenvalue weighted by atomic mass is 16.1. The summed E-state index contributed by atoms with van der Waals surface area (Å²) in [5.74, 6) is 0.626. The molecular formula is C20H27NO. The van der Waals surface area contributed by atoms with Crippen molar-refractivity contribution in [1.82, 2.24) is 4.90 Å². The van der Waals surface area contributed by atoms with Gasteiger partial charge in [-0.25, -0.2) is 0 Å². The van der Waals surface area contributed by atoms with Gasteiger partial charge < -0.3 is 4.90 Å². The summed E-state index contributed by atoms with van der Waals surface area (Å²) in [6.45, 7) is 5.43. The number of likely N-dealkylation sites (tertiary alicyclic amines) is 1. The molecule has 0 bridgehead atoms. The predicted octanol–water partition coefficient (Wildman–Crippen LogP) is 4.23. The fraction of sp³-hybridized carbons (Fsp3) is 0.550. The van der Waals surface area contributed by atoms with Crippen LogP contribution in [0.5, 0.6) is 0 Å². The van der Waals surface area contributed by atoms with Gasteiger partial charge in [0.1, 0.15) is 0 Å². The van der Waals surface area contributed by atoms with Crippen LogP contribution in [0.1, 0.15) is 49.7 Å². The molecule has 1 atom stereocenters. The molecule has 1 unspecified atom stereocenters. The summed E-state index contributed by atoms with van der Waals surface area (Å²) in [6, 6.07) is 8.46. The van der Waals surface area contributed by atoms with Gasteiger partial charge in [-0.05, 0) is 69.3 Å². The average molecular weight is 297 g/mol. The SMILES string of the molecule is Cc1ccc(C=C2CCCC(CN3CCCCC3)C2=O)cc1. The van der Waals surface area contributed by atoms with Crippen LogP contribution in [0.25, 0.3) is 6.08 Å². The summed E-state index contributed by atoms with van der Waals surface area (Å²) in [6.07, 6.45) is 9.24. The Labute approximate surface area is 134 Å². The third-order valence-corrected chi connectivity index (χ3v) is 5.03. The van der Waals surface area contributed by atoms with Gasteiger partial charge in [-0.1, -0.05) is 36.2 Å². The summed E-state index contributed by atoms with van der Waals surface area (Å²) in [7, 11) is 0. The number of hydrogen-bond acceptors (Lipinski definition) is 2. The summed E-state index contributed by atoms with van der Waals surface area (Å²) >= 11 is 0. The van der Waals surface area contributed by atoms with Crippen molar-refractivity contribution in [2.45, 2.75) is 45.4 Å². The summed E-state index contributed by atoms with van der Waals surface area (Å²) in [5.41, 5.74) is 3.46. The Morgan fingerprint density at radius 1 is 1.09 bits per heavy atom. The molecule has 1 saturated heterocycles. The second kappa shape index (κ2) is 7.23. The van der Waals surface area contributed by atoms with Gasteiger partial charge in [-0.3, -0.25) is 4.79 Å². The largest absolute Gasteiger partial charge is 0.303 e. The molecule has 3 rings (SSSR count). The third kappa shape index (κ3) is 3.86. The fourth-order valence-corrected chi connectivity index (χ4v) is 3.69. The highest BCUT2D eigenvalue weighted by Crippen LogP contribution is 2.28. The molecule has 22 heavy (non-hydrogen) atoms. The maximum absolute atomic E-state index is 12.8. The van der Waals surface area contributed by atoms with Crippen LogP contribution in [0, 0.1) is 12.8 Å². The Bertz CT molecular complexity index is 537. The number of hydrogen-bond donors (Lipinski definition) is 0. The molecule has 1 aliphatic carbocycles. The van der Waals surface area contributed by atoms with E-state index in [4.69, 9.17) is 0 Å². The lowest BCUT2D eigenvalue weighted by Crippen LogP contribution is -2.38. The average Bonchev–Trinajstić information content (AvgIpc) is 2.54. The lowest BCUT2D eigenvalue weighted by Gasteiger charge is -2.32. The molecular weight excluding hydrogens is 270 g/mol.